The minimum absolute atomic E-state index is 0.0503. The molecule has 0 spiro atoms. The summed E-state index contributed by atoms with van der Waals surface area (Å²) in [7, 11) is 0. The molecule has 0 aliphatic heterocycles. The third-order valence-corrected chi connectivity index (χ3v) is 4.31. The lowest BCUT2D eigenvalue weighted by atomic mass is 10.1. The molecule has 1 amide bonds. The Labute approximate surface area is 154 Å². The van der Waals surface area contributed by atoms with Crippen molar-refractivity contribution in [2.24, 2.45) is 0 Å². The lowest BCUT2D eigenvalue weighted by molar-refractivity contribution is 0.0953. The highest BCUT2D eigenvalue weighted by atomic mass is 16.5. The number of rotatable bonds is 8. The SMILES string of the molecule is CCOCCn1c(CCNC(=O)c2cccc(C)c2)nc2ccccc21. The molecule has 0 saturated carbocycles. The Morgan fingerprint density at radius 1 is 1.19 bits per heavy atom. The summed E-state index contributed by atoms with van der Waals surface area (Å²) in [6.07, 6.45) is 0.679. The van der Waals surface area contributed by atoms with Crippen LogP contribution in [0.4, 0.5) is 0 Å². The number of carbonyl (C=O) groups excluding carboxylic acids is 1. The van der Waals surface area contributed by atoms with Crippen LogP contribution in [-0.4, -0.2) is 35.2 Å². The van der Waals surface area contributed by atoms with Gasteiger partial charge in [0.25, 0.3) is 5.91 Å². The number of para-hydroxylation sites is 2. The van der Waals surface area contributed by atoms with Crippen LogP contribution >= 0.6 is 0 Å². The second-order valence-corrected chi connectivity index (χ2v) is 6.24. The fourth-order valence-corrected chi connectivity index (χ4v) is 3.04. The van der Waals surface area contributed by atoms with Gasteiger partial charge in [-0.15, -0.1) is 0 Å². The number of aromatic nitrogens is 2. The molecule has 0 unspecified atom stereocenters. The van der Waals surface area contributed by atoms with Crippen molar-refractivity contribution in [2.75, 3.05) is 19.8 Å². The van der Waals surface area contributed by atoms with E-state index in [-0.39, 0.29) is 5.91 Å². The average Bonchev–Trinajstić information content (AvgIpc) is 2.99. The molecule has 1 heterocycles. The van der Waals surface area contributed by atoms with Gasteiger partial charge in [0, 0.05) is 31.7 Å². The van der Waals surface area contributed by atoms with Crippen LogP contribution < -0.4 is 5.32 Å². The van der Waals surface area contributed by atoms with Gasteiger partial charge in [0.05, 0.1) is 17.6 Å². The molecule has 5 heteroatoms. The van der Waals surface area contributed by atoms with Crippen molar-refractivity contribution in [2.45, 2.75) is 26.8 Å². The first-order chi connectivity index (χ1) is 12.7. The molecular formula is C21H25N3O2. The topological polar surface area (TPSA) is 56.1 Å². The number of nitrogens with one attached hydrogen (secondary N) is 1. The van der Waals surface area contributed by atoms with Crippen LogP contribution in [0.5, 0.6) is 0 Å². The van der Waals surface area contributed by atoms with Gasteiger partial charge in [-0.1, -0.05) is 29.8 Å². The van der Waals surface area contributed by atoms with Gasteiger partial charge in [0.15, 0.2) is 0 Å². The zero-order valence-electron chi connectivity index (χ0n) is 15.4. The molecule has 0 bridgehead atoms. The molecule has 0 aliphatic carbocycles. The predicted octanol–water partition coefficient (Wildman–Crippen LogP) is 3.35. The van der Waals surface area contributed by atoms with Crippen LogP contribution in [0, 0.1) is 6.92 Å². The van der Waals surface area contributed by atoms with Gasteiger partial charge in [0.2, 0.25) is 0 Å². The van der Waals surface area contributed by atoms with Gasteiger partial charge in [-0.2, -0.15) is 0 Å². The fraction of sp³-hybridized carbons (Fsp3) is 0.333. The fourth-order valence-electron chi connectivity index (χ4n) is 3.04. The van der Waals surface area contributed by atoms with E-state index in [2.05, 4.69) is 16.0 Å². The van der Waals surface area contributed by atoms with Crippen molar-refractivity contribution in [1.29, 1.82) is 0 Å². The maximum absolute atomic E-state index is 12.3. The van der Waals surface area contributed by atoms with Crippen LogP contribution in [0.3, 0.4) is 0 Å². The lowest BCUT2D eigenvalue weighted by Crippen LogP contribution is -2.26. The molecule has 0 radical (unpaired) electrons. The molecule has 1 N–H and O–H groups in total. The van der Waals surface area contributed by atoms with Crippen molar-refractivity contribution >= 4 is 16.9 Å². The Morgan fingerprint density at radius 2 is 2.04 bits per heavy atom. The van der Waals surface area contributed by atoms with Gasteiger partial charge >= 0.3 is 0 Å². The molecule has 0 fully saturated rings. The first-order valence-corrected chi connectivity index (χ1v) is 9.06. The van der Waals surface area contributed by atoms with Crippen molar-refractivity contribution in [3.8, 4) is 0 Å². The van der Waals surface area contributed by atoms with Crippen LogP contribution in [0.2, 0.25) is 0 Å². The third-order valence-electron chi connectivity index (χ3n) is 4.31. The highest BCUT2D eigenvalue weighted by Crippen LogP contribution is 2.16. The zero-order chi connectivity index (χ0) is 18.4. The summed E-state index contributed by atoms with van der Waals surface area (Å²) in [4.78, 5) is 17.0. The zero-order valence-corrected chi connectivity index (χ0v) is 15.4. The molecule has 5 nitrogen and oxygen atoms in total. The van der Waals surface area contributed by atoms with E-state index in [0.717, 1.165) is 29.0 Å². The van der Waals surface area contributed by atoms with Crippen molar-refractivity contribution in [3.05, 3.63) is 65.5 Å². The monoisotopic (exact) mass is 351 g/mol. The maximum atomic E-state index is 12.3. The second kappa shape index (κ2) is 8.63. The van der Waals surface area contributed by atoms with Gasteiger partial charge < -0.3 is 14.6 Å². The largest absolute Gasteiger partial charge is 0.380 e. The molecule has 136 valence electrons. The van der Waals surface area contributed by atoms with Crippen molar-refractivity contribution in [3.63, 3.8) is 0 Å². The van der Waals surface area contributed by atoms with Crippen molar-refractivity contribution < 1.29 is 9.53 Å². The van der Waals surface area contributed by atoms with Gasteiger partial charge in [-0.05, 0) is 38.1 Å². The van der Waals surface area contributed by atoms with Crippen molar-refractivity contribution in [1.82, 2.24) is 14.9 Å². The third kappa shape index (κ3) is 4.29. The van der Waals surface area contributed by atoms with E-state index in [4.69, 9.17) is 9.72 Å². The lowest BCUT2D eigenvalue weighted by Gasteiger charge is -2.10. The van der Waals surface area contributed by atoms with E-state index >= 15 is 0 Å². The van der Waals surface area contributed by atoms with Crippen LogP contribution in [0.15, 0.2) is 48.5 Å². The summed E-state index contributed by atoms with van der Waals surface area (Å²) in [5.74, 6) is 0.918. The van der Waals surface area contributed by atoms with E-state index in [1.54, 1.807) is 0 Å². The molecule has 3 aromatic rings. The number of benzene rings is 2. The van der Waals surface area contributed by atoms with Gasteiger partial charge in [-0.3, -0.25) is 4.79 Å². The highest BCUT2D eigenvalue weighted by Gasteiger charge is 2.11. The summed E-state index contributed by atoms with van der Waals surface area (Å²) in [6.45, 7) is 6.64. The average molecular weight is 351 g/mol. The standard InChI is InChI=1S/C21H25N3O2/c1-3-26-14-13-24-19-10-5-4-9-18(19)23-20(24)11-12-22-21(25)17-8-6-7-16(2)15-17/h4-10,15H,3,11-14H2,1-2H3,(H,22,25). The Morgan fingerprint density at radius 3 is 2.85 bits per heavy atom. The summed E-state index contributed by atoms with van der Waals surface area (Å²) in [5, 5.41) is 2.99. The van der Waals surface area contributed by atoms with E-state index in [1.807, 2.05) is 56.3 Å². The van der Waals surface area contributed by atoms with Crippen LogP contribution in [-0.2, 0) is 17.7 Å². The van der Waals surface area contributed by atoms with Crippen LogP contribution in [0.25, 0.3) is 11.0 Å². The second-order valence-electron chi connectivity index (χ2n) is 6.24. The number of hydrogen-bond donors (Lipinski definition) is 1. The van der Waals surface area contributed by atoms with Gasteiger partial charge in [-0.25, -0.2) is 4.98 Å². The summed E-state index contributed by atoms with van der Waals surface area (Å²) < 4.78 is 7.69. The Balaban J connectivity index is 1.68. The molecule has 26 heavy (non-hydrogen) atoms. The number of amides is 1. The molecule has 2 aromatic carbocycles. The smallest absolute Gasteiger partial charge is 0.251 e. The number of imidazole rings is 1. The number of fused-ring (bicyclic) bond motifs is 1. The Bertz CT molecular complexity index is 886. The predicted molar refractivity (Wildman–Crippen MR) is 103 cm³/mol. The molecule has 1 aromatic heterocycles. The summed E-state index contributed by atoms with van der Waals surface area (Å²) in [6, 6.07) is 15.7. The number of hydrogen-bond acceptors (Lipinski definition) is 3. The number of ether oxygens (including phenoxy) is 1. The summed E-state index contributed by atoms with van der Waals surface area (Å²) >= 11 is 0. The molecule has 0 atom stereocenters. The Kier molecular flexibility index (Phi) is 6.02. The minimum Gasteiger partial charge on any atom is -0.380 e. The van der Waals surface area contributed by atoms with Gasteiger partial charge in [0.1, 0.15) is 5.82 Å². The molecular weight excluding hydrogens is 326 g/mol. The van der Waals surface area contributed by atoms with E-state index in [9.17, 15) is 4.79 Å². The van der Waals surface area contributed by atoms with E-state index in [0.29, 0.717) is 31.7 Å². The number of aryl methyl sites for hydroxylation is 1. The summed E-state index contributed by atoms with van der Waals surface area (Å²) in [5.41, 5.74) is 3.85. The number of nitrogens with zero attached hydrogens (tertiary/aromatic N) is 2. The highest BCUT2D eigenvalue weighted by molar-refractivity contribution is 5.94. The molecule has 0 saturated heterocycles. The quantitative estimate of drug-likeness (QED) is 0.633. The Hall–Kier alpha value is -2.66. The number of carbonyl (C=O) groups is 1. The molecule has 3 rings (SSSR count). The minimum atomic E-state index is -0.0503. The molecule has 0 aliphatic rings. The van der Waals surface area contributed by atoms with E-state index < -0.39 is 0 Å². The first kappa shape index (κ1) is 18.1. The normalized spacial score (nSPS) is 11.0. The maximum Gasteiger partial charge on any atom is 0.251 e. The van der Waals surface area contributed by atoms with E-state index in [1.165, 1.54) is 0 Å². The van der Waals surface area contributed by atoms with Crippen LogP contribution in [0.1, 0.15) is 28.7 Å². The first-order valence-electron chi connectivity index (χ1n) is 9.06.